The number of nitrogens with zero attached hydrogens (tertiary/aromatic N) is 1. The first kappa shape index (κ1) is 11.5. The highest BCUT2D eigenvalue weighted by atomic mass is 14.9. The third-order valence-corrected chi connectivity index (χ3v) is 3.24. The second kappa shape index (κ2) is 6.03. The van der Waals surface area contributed by atoms with Gasteiger partial charge in [-0.05, 0) is 38.1 Å². The molecule has 2 nitrogen and oxygen atoms in total. The number of rotatable bonds is 4. The molecule has 0 aromatic rings. The normalized spacial score (nSPS) is 29.5. The molecule has 0 aliphatic heterocycles. The molecular weight excluding hydrogens is 172 g/mol. The van der Waals surface area contributed by atoms with Gasteiger partial charge in [-0.25, -0.2) is 0 Å². The first-order chi connectivity index (χ1) is 6.72. The van der Waals surface area contributed by atoms with Crippen molar-refractivity contribution < 1.29 is 0 Å². The second-order valence-corrected chi connectivity index (χ2v) is 4.73. The second-order valence-electron chi connectivity index (χ2n) is 4.73. The number of hydrogen-bond donors (Lipinski definition) is 1. The molecule has 0 radical (unpaired) electrons. The fourth-order valence-electron chi connectivity index (χ4n) is 2.37. The summed E-state index contributed by atoms with van der Waals surface area (Å²) in [6.07, 6.45) is 6.85. The minimum atomic E-state index is 0.0102. The van der Waals surface area contributed by atoms with Gasteiger partial charge in [0.2, 0.25) is 0 Å². The van der Waals surface area contributed by atoms with Crippen molar-refractivity contribution in [3.05, 3.63) is 0 Å². The summed E-state index contributed by atoms with van der Waals surface area (Å²) in [6.45, 7) is 5.28. The van der Waals surface area contributed by atoms with Crippen molar-refractivity contribution in [1.82, 2.24) is 5.32 Å². The van der Waals surface area contributed by atoms with Crippen LogP contribution >= 0.6 is 0 Å². The summed E-state index contributed by atoms with van der Waals surface area (Å²) < 4.78 is 0. The molecule has 3 unspecified atom stereocenters. The van der Waals surface area contributed by atoms with E-state index in [1.807, 2.05) is 6.92 Å². The molecular formula is C12H22N2. The lowest BCUT2D eigenvalue weighted by atomic mass is 9.81. The summed E-state index contributed by atoms with van der Waals surface area (Å²) in [5.41, 5.74) is 0. The maximum atomic E-state index is 8.60. The molecule has 0 spiro atoms. The van der Waals surface area contributed by atoms with E-state index in [1.165, 1.54) is 32.1 Å². The van der Waals surface area contributed by atoms with Gasteiger partial charge in [-0.15, -0.1) is 0 Å². The highest BCUT2D eigenvalue weighted by Gasteiger charge is 2.18. The zero-order valence-electron chi connectivity index (χ0n) is 9.42. The van der Waals surface area contributed by atoms with E-state index in [0.29, 0.717) is 0 Å². The van der Waals surface area contributed by atoms with Crippen molar-refractivity contribution in [1.29, 1.82) is 5.26 Å². The van der Waals surface area contributed by atoms with Gasteiger partial charge in [0, 0.05) is 0 Å². The quantitative estimate of drug-likeness (QED) is 0.747. The smallest absolute Gasteiger partial charge is 0.0924 e. The molecule has 1 fully saturated rings. The number of nitriles is 1. The van der Waals surface area contributed by atoms with Crippen LogP contribution in [0.4, 0.5) is 0 Å². The Morgan fingerprint density at radius 1 is 1.50 bits per heavy atom. The van der Waals surface area contributed by atoms with Crippen LogP contribution in [-0.2, 0) is 0 Å². The van der Waals surface area contributed by atoms with E-state index < -0.39 is 0 Å². The highest BCUT2D eigenvalue weighted by Crippen LogP contribution is 2.30. The van der Waals surface area contributed by atoms with Gasteiger partial charge in [-0.2, -0.15) is 5.26 Å². The van der Waals surface area contributed by atoms with Crippen molar-refractivity contribution in [3.8, 4) is 6.07 Å². The number of nitrogens with one attached hydrogen (secondary N) is 1. The van der Waals surface area contributed by atoms with Crippen molar-refractivity contribution in [2.75, 3.05) is 6.54 Å². The van der Waals surface area contributed by atoms with Crippen LogP contribution in [0.15, 0.2) is 0 Å². The van der Waals surface area contributed by atoms with E-state index in [9.17, 15) is 0 Å². The Labute approximate surface area is 87.7 Å². The van der Waals surface area contributed by atoms with Gasteiger partial charge in [0.1, 0.15) is 0 Å². The molecule has 0 amide bonds. The fourth-order valence-corrected chi connectivity index (χ4v) is 2.37. The van der Waals surface area contributed by atoms with Crippen LogP contribution in [-0.4, -0.2) is 12.6 Å². The predicted octanol–water partition coefficient (Wildman–Crippen LogP) is 2.70. The van der Waals surface area contributed by atoms with Crippen LogP contribution in [0.5, 0.6) is 0 Å². The lowest BCUT2D eigenvalue weighted by Crippen LogP contribution is -2.27. The van der Waals surface area contributed by atoms with Gasteiger partial charge >= 0.3 is 0 Å². The molecule has 0 saturated heterocycles. The average Bonchev–Trinajstić information content (AvgIpc) is 2.17. The summed E-state index contributed by atoms with van der Waals surface area (Å²) in [7, 11) is 0. The summed E-state index contributed by atoms with van der Waals surface area (Å²) in [5, 5.41) is 11.8. The Hall–Kier alpha value is -0.550. The Bertz CT molecular complexity index is 195. The van der Waals surface area contributed by atoms with Gasteiger partial charge in [0.15, 0.2) is 0 Å². The minimum absolute atomic E-state index is 0.0102. The minimum Gasteiger partial charge on any atom is -0.302 e. The molecule has 1 aliphatic rings. The molecule has 0 heterocycles. The van der Waals surface area contributed by atoms with Crippen LogP contribution in [0.1, 0.15) is 46.0 Å². The van der Waals surface area contributed by atoms with Crippen molar-refractivity contribution in [3.63, 3.8) is 0 Å². The fraction of sp³-hybridized carbons (Fsp3) is 0.917. The van der Waals surface area contributed by atoms with Gasteiger partial charge in [0.25, 0.3) is 0 Å². The Kier molecular flexibility index (Phi) is 4.97. The van der Waals surface area contributed by atoms with Crippen molar-refractivity contribution >= 4 is 0 Å². The van der Waals surface area contributed by atoms with Crippen LogP contribution in [0, 0.1) is 23.2 Å². The van der Waals surface area contributed by atoms with Crippen molar-refractivity contribution in [2.24, 2.45) is 11.8 Å². The summed E-state index contributed by atoms with van der Waals surface area (Å²) >= 11 is 0. The Morgan fingerprint density at radius 3 is 2.93 bits per heavy atom. The Balaban J connectivity index is 2.09. The zero-order chi connectivity index (χ0) is 10.4. The summed E-state index contributed by atoms with van der Waals surface area (Å²) in [4.78, 5) is 0. The van der Waals surface area contributed by atoms with Gasteiger partial charge in [-0.1, -0.05) is 26.2 Å². The SMILES string of the molecule is CC1CCCC(CCNC(C)C#N)C1. The first-order valence-electron chi connectivity index (χ1n) is 5.85. The standard InChI is InChI=1S/C12H22N2/c1-10-4-3-5-12(8-10)6-7-14-11(2)9-13/h10-12,14H,3-8H2,1-2H3. The molecule has 0 aromatic carbocycles. The van der Waals surface area contributed by atoms with E-state index in [-0.39, 0.29) is 6.04 Å². The van der Waals surface area contributed by atoms with E-state index in [0.717, 1.165) is 18.4 Å². The van der Waals surface area contributed by atoms with E-state index in [2.05, 4.69) is 18.3 Å². The molecule has 14 heavy (non-hydrogen) atoms. The largest absolute Gasteiger partial charge is 0.302 e. The Morgan fingerprint density at radius 2 is 2.29 bits per heavy atom. The number of hydrogen-bond acceptors (Lipinski definition) is 2. The molecule has 80 valence electrons. The lowest BCUT2D eigenvalue weighted by molar-refractivity contribution is 0.267. The van der Waals surface area contributed by atoms with Crippen LogP contribution in [0.3, 0.4) is 0 Å². The molecule has 1 saturated carbocycles. The predicted molar refractivity (Wildman–Crippen MR) is 58.8 cm³/mol. The average molecular weight is 194 g/mol. The highest BCUT2D eigenvalue weighted by molar-refractivity contribution is 4.85. The zero-order valence-corrected chi connectivity index (χ0v) is 9.42. The van der Waals surface area contributed by atoms with E-state index in [1.54, 1.807) is 0 Å². The molecule has 1 N–H and O–H groups in total. The lowest BCUT2D eigenvalue weighted by Gasteiger charge is -2.26. The van der Waals surface area contributed by atoms with Crippen LogP contribution in [0.2, 0.25) is 0 Å². The topological polar surface area (TPSA) is 35.8 Å². The monoisotopic (exact) mass is 194 g/mol. The maximum Gasteiger partial charge on any atom is 0.0924 e. The third-order valence-electron chi connectivity index (χ3n) is 3.24. The summed E-state index contributed by atoms with van der Waals surface area (Å²) in [5.74, 6) is 1.82. The van der Waals surface area contributed by atoms with Crippen LogP contribution < -0.4 is 5.32 Å². The van der Waals surface area contributed by atoms with Gasteiger partial charge in [-0.3, -0.25) is 0 Å². The molecule has 3 atom stereocenters. The molecule has 1 rings (SSSR count). The summed E-state index contributed by atoms with van der Waals surface area (Å²) in [6, 6.07) is 2.21. The van der Waals surface area contributed by atoms with E-state index in [4.69, 9.17) is 5.26 Å². The molecule has 2 heteroatoms. The molecule has 0 aromatic heterocycles. The molecule has 0 bridgehead atoms. The van der Waals surface area contributed by atoms with Gasteiger partial charge < -0.3 is 5.32 Å². The van der Waals surface area contributed by atoms with Crippen LogP contribution in [0.25, 0.3) is 0 Å². The molecule has 1 aliphatic carbocycles. The van der Waals surface area contributed by atoms with E-state index >= 15 is 0 Å². The van der Waals surface area contributed by atoms with Gasteiger partial charge in [0.05, 0.1) is 12.1 Å². The van der Waals surface area contributed by atoms with Crippen molar-refractivity contribution in [2.45, 2.75) is 52.0 Å². The first-order valence-corrected chi connectivity index (χ1v) is 5.85. The third kappa shape index (κ3) is 4.11. The maximum absolute atomic E-state index is 8.60.